The van der Waals surface area contributed by atoms with Crippen LogP contribution in [0.1, 0.15) is 51.4 Å². The van der Waals surface area contributed by atoms with Crippen LogP contribution in [0, 0.1) is 11.3 Å². The first-order valence-electron chi connectivity index (χ1n) is 7.79. The van der Waals surface area contributed by atoms with Gasteiger partial charge in [0.25, 0.3) is 0 Å². The molecule has 2 rings (SSSR count). The lowest BCUT2D eigenvalue weighted by molar-refractivity contribution is -0.123. The molecule has 1 aliphatic heterocycles. The summed E-state index contributed by atoms with van der Waals surface area (Å²) >= 11 is 0. The van der Waals surface area contributed by atoms with Crippen LogP contribution in [0.2, 0.25) is 0 Å². The van der Waals surface area contributed by atoms with Crippen molar-refractivity contribution in [2.75, 3.05) is 26.3 Å². The molecule has 0 radical (unpaired) electrons. The van der Waals surface area contributed by atoms with E-state index < -0.39 is 0 Å². The third-order valence-corrected chi connectivity index (χ3v) is 4.78. The van der Waals surface area contributed by atoms with E-state index in [9.17, 15) is 4.79 Å². The molecule has 4 nitrogen and oxygen atoms in total. The lowest BCUT2D eigenvalue weighted by Crippen LogP contribution is -2.39. The van der Waals surface area contributed by atoms with Gasteiger partial charge in [0.1, 0.15) is 0 Å². The summed E-state index contributed by atoms with van der Waals surface area (Å²) in [6.45, 7) is 3.18. The fraction of sp³-hybridized carbons (Fsp3) is 0.933. The third-order valence-electron chi connectivity index (χ3n) is 4.78. The van der Waals surface area contributed by atoms with Crippen molar-refractivity contribution in [3.63, 3.8) is 0 Å². The Bertz CT molecular complexity index is 282. The van der Waals surface area contributed by atoms with Crippen molar-refractivity contribution in [3.8, 4) is 0 Å². The summed E-state index contributed by atoms with van der Waals surface area (Å²) in [5, 5.41) is 3.07. The Morgan fingerprint density at radius 1 is 1.32 bits per heavy atom. The smallest absolute Gasteiger partial charge is 0.220 e. The summed E-state index contributed by atoms with van der Waals surface area (Å²) in [6.07, 6.45) is 8.79. The minimum Gasteiger partial charge on any atom is -0.381 e. The van der Waals surface area contributed by atoms with Gasteiger partial charge in [-0.1, -0.05) is 19.3 Å². The number of hydrogen-bond donors (Lipinski definition) is 2. The number of carbonyl (C=O) groups excluding carboxylic acids is 1. The number of nitrogens with two attached hydrogens (primary N) is 1. The number of rotatable bonds is 6. The quantitative estimate of drug-likeness (QED) is 0.772. The summed E-state index contributed by atoms with van der Waals surface area (Å²) < 4.78 is 5.34. The van der Waals surface area contributed by atoms with Crippen LogP contribution >= 0.6 is 0 Å². The van der Waals surface area contributed by atoms with Gasteiger partial charge in [-0.05, 0) is 43.6 Å². The molecule has 2 fully saturated rings. The van der Waals surface area contributed by atoms with Crippen molar-refractivity contribution < 1.29 is 9.53 Å². The summed E-state index contributed by atoms with van der Waals surface area (Å²) in [5.41, 5.74) is 6.00. The van der Waals surface area contributed by atoms with E-state index in [4.69, 9.17) is 10.5 Å². The number of ether oxygens (including phenoxy) is 1. The van der Waals surface area contributed by atoms with Gasteiger partial charge in [0.2, 0.25) is 5.91 Å². The SMILES string of the molecule is NCC1(CC(=O)NCCC2CCOC2)CCCCC1. The van der Waals surface area contributed by atoms with Crippen LogP contribution in [-0.4, -0.2) is 32.2 Å². The fourth-order valence-electron chi connectivity index (χ4n) is 3.38. The highest BCUT2D eigenvalue weighted by atomic mass is 16.5. The minimum absolute atomic E-state index is 0.0821. The van der Waals surface area contributed by atoms with Crippen LogP contribution in [0.25, 0.3) is 0 Å². The van der Waals surface area contributed by atoms with Gasteiger partial charge in [0, 0.05) is 26.2 Å². The zero-order chi connectivity index (χ0) is 13.6. The van der Waals surface area contributed by atoms with Crippen molar-refractivity contribution in [3.05, 3.63) is 0 Å². The molecule has 0 aromatic carbocycles. The Kier molecular flexibility index (Phi) is 5.64. The Balaban J connectivity index is 1.67. The molecule has 1 aliphatic carbocycles. The zero-order valence-corrected chi connectivity index (χ0v) is 12.0. The summed E-state index contributed by atoms with van der Waals surface area (Å²) in [6, 6.07) is 0. The average molecular weight is 268 g/mol. The number of hydrogen-bond acceptors (Lipinski definition) is 3. The second-order valence-corrected chi connectivity index (χ2v) is 6.31. The lowest BCUT2D eigenvalue weighted by Gasteiger charge is -2.35. The maximum absolute atomic E-state index is 12.1. The maximum Gasteiger partial charge on any atom is 0.220 e. The van der Waals surface area contributed by atoms with Gasteiger partial charge < -0.3 is 15.8 Å². The topological polar surface area (TPSA) is 64.4 Å². The van der Waals surface area contributed by atoms with Gasteiger partial charge in [-0.15, -0.1) is 0 Å². The Morgan fingerprint density at radius 2 is 2.11 bits per heavy atom. The molecule has 1 heterocycles. The molecule has 1 unspecified atom stereocenters. The Morgan fingerprint density at radius 3 is 2.74 bits per heavy atom. The molecule has 4 heteroatoms. The van der Waals surface area contributed by atoms with E-state index in [0.29, 0.717) is 18.9 Å². The molecule has 0 spiro atoms. The van der Waals surface area contributed by atoms with Crippen LogP contribution < -0.4 is 11.1 Å². The largest absolute Gasteiger partial charge is 0.381 e. The van der Waals surface area contributed by atoms with Crippen LogP contribution in [0.4, 0.5) is 0 Å². The van der Waals surface area contributed by atoms with Crippen molar-refractivity contribution >= 4 is 5.91 Å². The van der Waals surface area contributed by atoms with Crippen molar-refractivity contribution in [2.24, 2.45) is 17.1 Å². The van der Waals surface area contributed by atoms with E-state index in [1.54, 1.807) is 0 Å². The van der Waals surface area contributed by atoms with Gasteiger partial charge in [-0.25, -0.2) is 0 Å². The Hall–Kier alpha value is -0.610. The molecule has 0 aromatic rings. The molecule has 19 heavy (non-hydrogen) atoms. The highest BCUT2D eigenvalue weighted by Crippen LogP contribution is 2.38. The summed E-state index contributed by atoms with van der Waals surface area (Å²) in [7, 11) is 0. The summed E-state index contributed by atoms with van der Waals surface area (Å²) in [5.74, 6) is 0.824. The van der Waals surface area contributed by atoms with E-state index >= 15 is 0 Å². The molecule has 0 aromatic heterocycles. The first-order valence-corrected chi connectivity index (χ1v) is 7.79. The summed E-state index contributed by atoms with van der Waals surface area (Å²) in [4.78, 5) is 12.1. The van der Waals surface area contributed by atoms with E-state index in [-0.39, 0.29) is 11.3 Å². The van der Waals surface area contributed by atoms with Crippen molar-refractivity contribution in [2.45, 2.75) is 51.4 Å². The number of nitrogens with one attached hydrogen (secondary N) is 1. The third kappa shape index (κ3) is 4.46. The fourth-order valence-corrected chi connectivity index (χ4v) is 3.38. The molecule has 3 N–H and O–H groups in total. The minimum atomic E-state index is 0.0821. The predicted octanol–water partition coefficient (Wildman–Crippen LogP) is 1.83. The van der Waals surface area contributed by atoms with Gasteiger partial charge in [0.05, 0.1) is 0 Å². The molecular weight excluding hydrogens is 240 g/mol. The van der Waals surface area contributed by atoms with Crippen molar-refractivity contribution in [1.82, 2.24) is 5.32 Å². The highest BCUT2D eigenvalue weighted by Gasteiger charge is 2.32. The number of amides is 1. The van der Waals surface area contributed by atoms with Gasteiger partial charge >= 0.3 is 0 Å². The average Bonchev–Trinajstić information content (AvgIpc) is 2.93. The van der Waals surface area contributed by atoms with Crippen LogP contribution in [-0.2, 0) is 9.53 Å². The van der Waals surface area contributed by atoms with E-state index in [1.807, 2.05) is 0 Å². The van der Waals surface area contributed by atoms with Gasteiger partial charge in [0.15, 0.2) is 0 Å². The standard InChI is InChI=1S/C15H28N2O2/c16-12-15(6-2-1-3-7-15)10-14(18)17-8-4-13-5-9-19-11-13/h13H,1-12,16H2,(H,17,18). The molecule has 1 amide bonds. The van der Waals surface area contributed by atoms with Crippen LogP contribution in [0.15, 0.2) is 0 Å². The van der Waals surface area contributed by atoms with Crippen molar-refractivity contribution in [1.29, 1.82) is 0 Å². The van der Waals surface area contributed by atoms with Gasteiger partial charge in [-0.2, -0.15) is 0 Å². The second-order valence-electron chi connectivity index (χ2n) is 6.31. The first-order chi connectivity index (χ1) is 9.24. The molecule has 1 saturated heterocycles. The Labute approximate surface area is 116 Å². The predicted molar refractivity (Wildman–Crippen MR) is 75.7 cm³/mol. The second kappa shape index (κ2) is 7.25. The molecule has 2 aliphatic rings. The molecule has 1 saturated carbocycles. The van der Waals surface area contributed by atoms with Gasteiger partial charge in [-0.3, -0.25) is 4.79 Å². The monoisotopic (exact) mass is 268 g/mol. The molecular formula is C15H28N2O2. The molecule has 110 valence electrons. The normalized spacial score (nSPS) is 26.3. The highest BCUT2D eigenvalue weighted by molar-refractivity contribution is 5.76. The maximum atomic E-state index is 12.1. The molecule has 0 bridgehead atoms. The van der Waals surface area contributed by atoms with E-state index in [1.165, 1.54) is 19.3 Å². The van der Waals surface area contributed by atoms with Crippen LogP contribution in [0.3, 0.4) is 0 Å². The zero-order valence-electron chi connectivity index (χ0n) is 12.0. The first kappa shape index (κ1) is 14.8. The van der Waals surface area contributed by atoms with E-state index in [0.717, 1.165) is 45.4 Å². The molecule has 1 atom stereocenters. The van der Waals surface area contributed by atoms with Crippen LogP contribution in [0.5, 0.6) is 0 Å². The lowest BCUT2D eigenvalue weighted by atomic mass is 9.71. The number of carbonyl (C=O) groups is 1. The van der Waals surface area contributed by atoms with E-state index in [2.05, 4.69) is 5.32 Å².